The fourth-order valence-electron chi connectivity index (χ4n) is 3.40. The molecular formula is C22H36F3N5O. The largest absolute Gasteiger partial charge is 0.484 e. The van der Waals surface area contributed by atoms with Gasteiger partial charge in [-0.15, -0.1) is 0 Å². The van der Waals surface area contributed by atoms with E-state index in [1.807, 2.05) is 19.9 Å². The van der Waals surface area contributed by atoms with E-state index in [0.717, 1.165) is 44.8 Å². The molecule has 0 saturated carbocycles. The molecule has 9 heteroatoms. The summed E-state index contributed by atoms with van der Waals surface area (Å²) < 4.78 is 42.7. The molecule has 1 heterocycles. The van der Waals surface area contributed by atoms with Crippen LogP contribution in [0, 0.1) is 12.8 Å². The molecule has 31 heavy (non-hydrogen) atoms. The lowest BCUT2D eigenvalue weighted by molar-refractivity contribution is -0.153. The molecule has 1 atom stereocenters. The summed E-state index contributed by atoms with van der Waals surface area (Å²) in [5.74, 6) is 1.31. The number of guanidine groups is 1. The summed E-state index contributed by atoms with van der Waals surface area (Å²) in [5.41, 5.74) is 1.46. The number of hydrogen-bond donors (Lipinski definition) is 2. The van der Waals surface area contributed by atoms with Crippen molar-refractivity contribution >= 4 is 5.96 Å². The average Bonchev–Trinajstić information content (AvgIpc) is 2.70. The Kier molecular flexibility index (Phi) is 9.90. The van der Waals surface area contributed by atoms with Gasteiger partial charge in [0, 0.05) is 51.4 Å². The molecule has 0 aromatic heterocycles. The third-order valence-electron chi connectivity index (χ3n) is 5.15. The number of nitrogens with zero attached hydrogens (tertiary/aromatic N) is 3. The fourth-order valence-corrected chi connectivity index (χ4v) is 3.40. The molecule has 176 valence electrons. The number of likely N-dealkylation sites (N-methyl/N-ethyl adjacent to an activating group) is 1. The molecule has 6 nitrogen and oxygen atoms in total. The van der Waals surface area contributed by atoms with Gasteiger partial charge in [0.25, 0.3) is 0 Å². The third kappa shape index (κ3) is 9.78. The van der Waals surface area contributed by atoms with Gasteiger partial charge in [0.15, 0.2) is 12.6 Å². The van der Waals surface area contributed by atoms with Gasteiger partial charge in [0.2, 0.25) is 0 Å². The van der Waals surface area contributed by atoms with Gasteiger partial charge in [0.1, 0.15) is 5.75 Å². The second-order valence-corrected chi connectivity index (χ2v) is 8.30. The number of aryl methyl sites for hydroxylation is 1. The first-order valence-electron chi connectivity index (χ1n) is 10.9. The number of nitrogens with one attached hydrogen (secondary N) is 2. The van der Waals surface area contributed by atoms with Crippen molar-refractivity contribution in [1.82, 2.24) is 20.4 Å². The van der Waals surface area contributed by atoms with Crippen molar-refractivity contribution in [2.24, 2.45) is 10.9 Å². The van der Waals surface area contributed by atoms with Gasteiger partial charge in [0.05, 0.1) is 6.54 Å². The van der Waals surface area contributed by atoms with Crippen molar-refractivity contribution < 1.29 is 17.9 Å². The predicted octanol–water partition coefficient (Wildman–Crippen LogP) is 2.87. The minimum atomic E-state index is -4.37. The quantitative estimate of drug-likeness (QED) is 0.454. The van der Waals surface area contributed by atoms with Crippen molar-refractivity contribution in [2.45, 2.75) is 33.5 Å². The van der Waals surface area contributed by atoms with Crippen LogP contribution in [-0.2, 0) is 6.54 Å². The van der Waals surface area contributed by atoms with Crippen LogP contribution >= 0.6 is 0 Å². The number of benzene rings is 1. The molecule has 1 aliphatic rings. The number of alkyl halides is 3. The van der Waals surface area contributed by atoms with Gasteiger partial charge in [-0.3, -0.25) is 0 Å². The van der Waals surface area contributed by atoms with E-state index < -0.39 is 12.8 Å². The van der Waals surface area contributed by atoms with Crippen molar-refractivity contribution in [1.29, 1.82) is 0 Å². The Labute approximate surface area is 183 Å². The Morgan fingerprint density at radius 3 is 2.55 bits per heavy atom. The number of hydrogen-bond acceptors (Lipinski definition) is 4. The molecule has 1 fully saturated rings. The van der Waals surface area contributed by atoms with E-state index in [0.29, 0.717) is 24.0 Å². The number of halogens is 3. The van der Waals surface area contributed by atoms with Gasteiger partial charge in [-0.05, 0) is 38.4 Å². The monoisotopic (exact) mass is 443 g/mol. The fraction of sp³-hybridized carbons (Fsp3) is 0.682. The van der Waals surface area contributed by atoms with Crippen LogP contribution in [0.4, 0.5) is 13.2 Å². The van der Waals surface area contributed by atoms with E-state index in [1.165, 1.54) is 0 Å². The highest BCUT2D eigenvalue weighted by Crippen LogP contribution is 2.24. The molecule has 0 amide bonds. The van der Waals surface area contributed by atoms with Crippen LogP contribution in [0.2, 0.25) is 0 Å². The Balaban J connectivity index is 1.93. The van der Waals surface area contributed by atoms with Gasteiger partial charge < -0.3 is 25.2 Å². The maximum atomic E-state index is 12.6. The lowest BCUT2D eigenvalue weighted by Gasteiger charge is -2.34. The van der Waals surface area contributed by atoms with Crippen LogP contribution in [0.1, 0.15) is 25.0 Å². The smallest absolute Gasteiger partial charge is 0.422 e. The van der Waals surface area contributed by atoms with Crippen molar-refractivity contribution in [2.75, 3.05) is 59.5 Å². The number of rotatable bonds is 9. The molecule has 1 aromatic rings. The Morgan fingerprint density at radius 2 is 1.90 bits per heavy atom. The summed E-state index contributed by atoms with van der Waals surface area (Å²) in [7, 11) is 2.15. The summed E-state index contributed by atoms with van der Waals surface area (Å²) in [6.07, 6.45) is -4.37. The Hall–Kier alpha value is -2.00. The zero-order chi connectivity index (χ0) is 22.9. The second kappa shape index (κ2) is 12.1. The van der Waals surface area contributed by atoms with Crippen LogP contribution in [0.3, 0.4) is 0 Å². The van der Waals surface area contributed by atoms with Crippen molar-refractivity contribution in [3.05, 3.63) is 29.3 Å². The van der Waals surface area contributed by atoms with E-state index in [1.54, 1.807) is 12.1 Å². The van der Waals surface area contributed by atoms with Gasteiger partial charge in [-0.2, -0.15) is 13.2 Å². The van der Waals surface area contributed by atoms with Crippen LogP contribution in [0.25, 0.3) is 0 Å². The van der Waals surface area contributed by atoms with Gasteiger partial charge in [-0.1, -0.05) is 19.1 Å². The third-order valence-corrected chi connectivity index (χ3v) is 5.15. The minimum Gasteiger partial charge on any atom is -0.484 e. The molecule has 1 saturated heterocycles. The van der Waals surface area contributed by atoms with E-state index >= 15 is 0 Å². The summed E-state index contributed by atoms with van der Waals surface area (Å²) in [6, 6.07) is 5.24. The van der Waals surface area contributed by atoms with Crippen LogP contribution in [0.5, 0.6) is 5.75 Å². The van der Waals surface area contributed by atoms with Crippen LogP contribution in [-0.4, -0.2) is 81.4 Å². The SMILES string of the molecule is CCNC(=NCc1ccc(C)cc1OCC(F)(F)F)NCC(C)CN1CCN(C)CC1. The normalized spacial score (nSPS) is 17.5. The summed E-state index contributed by atoms with van der Waals surface area (Å²) >= 11 is 0. The molecule has 0 radical (unpaired) electrons. The Morgan fingerprint density at radius 1 is 1.19 bits per heavy atom. The summed E-state index contributed by atoms with van der Waals surface area (Å²) in [5, 5.41) is 6.56. The molecule has 1 aliphatic heterocycles. The molecule has 0 aliphatic carbocycles. The highest BCUT2D eigenvalue weighted by molar-refractivity contribution is 5.79. The first kappa shape index (κ1) is 25.3. The summed E-state index contributed by atoms with van der Waals surface area (Å²) in [4.78, 5) is 9.38. The zero-order valence-corrected chi connectivity index (χ0v) is 19.1. The molecule has 1 unspecified atom stereocenters. The maximum Gasteiger partial charge on any atom is 0.422 e. The molecule has 1 aromatic carbocycles. The molecule has 2 rings (SSSR count). The van der Waals surface area contributed by atoms with Crippen molar-refractivity contribution in [3.63, 3.8) is 0 Å². The van der Waals surface area contributed by atoms with Crippen LogP contribution in [0.15, 0.2) is 23.2 Å². The molecule has 2 N–H and O–H groups in total. The minimum absolute atomic E-state index is 0.223. The van der Waals surface area contributed by atoms with Gasteiger partial charge >= 0.3 is 6.18 Å². The van der Waals surface area contributed by atoms with Crippen molar-refractivity contribution in [3.8, 4) is 5.75 Å². The molecular weight excluding hydrogens is 407 g/mol. The van der Waals surface area contributed by atoms with E-state index in [-0.39, 0.29) is 12.3 Å². The molecule has 0 spiro atoms. The number of piperazine rings is 1. The van der Waals surface area contributed by atoms with E-state index in [9.17, 15) is 13.2 Å². The standard InChI is InChI=1S/C22H36F3N5O/c1-5-26-21(27-13-18(3)15-30-10-8-29(4)9-11-30)28-14-19-7-6-17(2)12-20(19)31-16-22(23,24)25/h6-7,12,18H,5,8-11,13-16H2,1-4H3,(H2,26,27,28). The predicted molar refractivity (Wildman–Crippen MR) is 119 cm³/mol. The lowest BCUT2D eigenvalue weighted by Crippen LogP contribution is -2.47. The Bertz CT molecular complexity index is 703. The topological polar surface area (TPSA) is 52.1 Å². The molecule has 0 bridgehead atoms. The first-order chi connectivity index (χ1) is 14.7. The highest BCUT2D eigenvalue weighted by Gasteiger charge is 2.28. The first-order valence-corrected chi connectivity index (χ1v) is 10.9. The zero-order valence-electron chi connectivity index (χ0n) is 19.1. The van der Waals surface area contributed by atoms with E-state index in [2.05, 4.69) is 39.4 Å². The highest BCUT2D eigenvalue weighted by atomic mass is 19.4. The number of aliphatic imine (C=N–C) groups is 1. The van der Waals surface area contributed by atoms with Gasteiger partial charge in [-0.25, -0.2) is 4.99 Å². The van der Waals surface area contributed by atoms with E-state index in [4.69, 9.17) is 4.74 Å². The second-order valence-electron chi connectivity index (χ2n) is 8.30. The average molecular weight is 444 g/mol. The van der Waals surface area contributed by atoms with Crippen LogP contribution < -0.4 is 15.4 Å². The summed E-state index contributed by atoms with van der Waals surface area (Å²) in [6.45, 7) is 11.8. The lowest BCUT2D eigenvalue weighted by atomic mass is 10.1. The number of ether oxygens (including phenoxy) is 1. The maximum absolute atomic E-state index is 12.6.